The van der Waals surface area contributed by atoms with Crippen molar-refractivity contribution < 1.29 is 9.21 Å². The van der Waals surface area contributed by atoms with Crippen LogP contribution in [0.5, 0.6) is 0 Å². The van der Waals surface area contributed by atoms with Gasteiger partial charge in [-0.1, -0.05) is 48.5 Å². The van der Waals surface area contributed by atoms with E-state index in [-0.39, 0.29) is 17.5 Å². The zero-order chi connectivity index (χ0) is 16.5. The second-order valence-electron chi connectivity index (χ2n) is 6.05. The third kappa shape index (κ3) is 2.50. The molecule has 24 heavy (non-hydrogen) atoms. The molecule has 4 nitrogen and oxygen atoms in total. The molecule has 120 valence electrons. The first-order valence-corrected chi connectivity index (χ1v) is 8.13. The molecule has 1 aliphatic rings. The standard InChI is InChI=1S/C20H17NO3/c22-19(16-13-15-9-4-5-11-18(15)24-20(16)23)21-12-6-10-17(21)14-7-2-1-3-8-14/h1-5,7-9,11,13,17H,6,10,12H2. The minimum absolute atomic E-state index is 0.0181. The molecule has 0 aliphatic carbocycles. The Morgan fingerprint density at radius 3 is 2.62 bits per heavy atom. The number of likely N-dealkylation sites (tertiary alicyclic amines) is 1. The van der Waals surface area contributed by atoms with Crippen LogP contribution in [0.2, 0.25) is 0 Å². The van der Waals surface area contributed by atoms with E-state index in [0.717, 1.165) is 23.8 Å². The van der Waals surface area contributed by atoms with Crippen LogP contribution in [0.25, 0.3) is 11.0 Å². The lowest BCUT2D eigenvalue weighted by Crippen LogP contribution is -2.33. The summed E-state index contributed by atoms with van der Waals surface area (Å²) in [6.07, 6.45) is 1.85. The Bertz CT molecular complexity index is 946. The van der Waals surface area contributed by atoms with E-state index in [1.54, 1.807) is 23.1 Å². The molecule has 4 heteroatoms. The summed E-state index contributed by atoms with van der Waals surface area (Å²) in [5.41, 5.74) is 1.14. The minimum atomic E-state index is -0.572. The first-order valence-electron chi connectivity index (χ1n) is 8.13. The van der Waals surface area contributed by atoms with Crippen LogP contribution in [-0.2, 0) is 0 Å². The molecule has 2 aromatic carbocycles. The first kappa shape index (κ1) is 14.7. The molecule has 1 fully saturated rings. The quantitative estimate of drug-likeness (QED) is 0.676. The van der Waals surface area contributed by atoms with E-state index in [2.05, 4.69) is 0 Å². The van der Waals surface area contributed by atoms with Crippen LogP contribution in [0, 0.1) is 0 Å². The van der Waals surface area contributed by atoms with Crippen molar-refractivity contribution in [3.05, 3.63) is 82.2 Å². The summed E-state index contributed by atoms with van der Waals surface area (Å²) < 4.78 is 5.31. The number of carbonyl (C=O) groups is 1. The van der Waals surface area contributed by atoms with E-state index < -0.39 is 5.63 Å². The summed E-state index contributed by atoms with van der Waals surface area (Å²) in [7, 11) is 0. The molecule has 1 aliphatic heterocycles. The summed E-state index contributed by atoms with van der Waals surface area (Å²) in [6.45, 7) is 0.657. The number of amides is 1. The van der Waals surface area contributed by atoms with E-state index >= 15 is 0 Å². The smallest absolute Gasteiger partial charge is 0.349 e. The van der Waals surface area contributed by atoms with Gasteiger partial charge in [0.15, 0.2) is 0 Å². The minimum Gasteiger partial charge on any atom is -0.422 e. The number of benzene rings is 2. The number of fused-ring (bicyclic) bond motifs is 1. The fraction of sp³-hybridized carbons (Fsp3) is 0.200. The molecule has 0 saturated carbocycles. The highest BCUT2D eigenvalue weighted by Crippen LogP contribution is 2.32. The van der Waals surface area contributed by atoms with Crippen LogP contribution in [0.3, 0.4) is 0 Å². The van der Waals surface area contributed by atoms with Gasteiger partial charge in [-0.05, 0) is 30.5 Å². The fourth-order valence-electron chi connectivity index (χ4n) is 3.40. The molecule has 4 rings (SSSR count). The highest BCUT2D eigenvalue weighted by Gasteiger charge is 2.32. The van der Waals surface area contributed by atoms with Gasteiger partial charge in [0.25, 0.3) is 5.91 Å². The van der Waals surface area contributed by atoms with Crippen molar-refractivity contribution in [2.75, 3.05) is 6.54 Å². The molecule has 1 amide bonds. The van der Waals surface area contributed by atoms with Crippen molar-refractivity contribution in [2.24, 2.45) is 0 Å². The van der Waals surface area contributed by atoms with Gasteiger partial charge < -0.3 is 9.32 Å². The number of para-hydroxylation sites is 1. The molecule has 2 heterocycles. The van der Waals surface area contributed by atoms with Crippen molar-refractivity contribution >= 4 is 16.9 Å². The van der Waals surface area contributed by atoms with Crippen molar-refractivity contribution in [2.45, 2.75) is 18.9 Å². The predicted molar refractivity (Wildman–Crippen MR) is 91.9 cm³/mol. The summed E-state index contributed by atoms with van der Waals surface area (Å²) in [6, 6.07) is 18.9. The maximum absolute atomic E-state index is 13.0. The highest BCUT2D eigenvalue weighted by atomic mass is 16.4. The molecule has 0 N–H and O–H groups in total. The molecule has 1 atom stereocenters. The van der Waals surface area contributed by atoms with Crippen LogP contribution in [-0.4, -0.2) is 17.4 Å². The van der Waals surface area contributed by atoms with Gasteiger partial charge in [-0.2, -0.15) is 0 Å². The molecule has 0 spiro atoms. The highest BCUT2D eigenvalue weighted by molar-refractivity contribution is 5.97. The monoisotopic (exact) mass is 319 g/mol. The van der Waals surface area contributed by atoms with E-state index in [4.69, 9.17) is 4.42 Å². The largest absolute Gasteiger partial charge is 0.422 e. The van der Waals surface area contributed by atoms with E-state index in [0.29, 0.717) is 12.1 Å². The Balaban J connectivity index is 1.73. The molecule has 1 aromatic heterocycles. The van der Waals surface area contributed by atoms with Crippen molar-refractivity contribution in [1.82, 2.24) is 4.90 Å². The van der Waals surface area contributed by atoms with Gasteiger partial charge in [0.05, 0.1) is 6.04 Å². The Hall–Kier alpha value is -2.88. The molecule has 3 aromatic rings. The van der Waals surface area contributed by atoms with Crippen LogP contribution in [0.1, 0.15) is 34.8 Å². The topological polar surface area (TPSA) is 50.5 Å². The lowest BCUT2D eigenvalue weighted by Gasteiger charge is -2.24. The summed E-state index contributed by atoms with van der Waals surface area (Å²) >= 11 is 0. The molecule has 1 saturated heterocycles. The van der Waals surface area contributed by atoms with Crippen molar-refractivity contribution in [3.8, 4) is 0 Å². The van der Waals surface area contributed by atoms with Crippen LogP contribution < -0.4 is 5.63 Å². The Morgan fingerprint density at radius 1 is 1.04 bits per heavy atom. The van der Waals surface area contributed by atoms with Gasteiger partial charge in [0.2, 0.25) is 0 Å². The van der Waals surface area contributed by atoms with Gasteiger partial charge >= 0.3 is 5.63 Å². The van der Waals surface area contributed by atoms with Crippen molar-refractivity contribution in [1.29, 1.82) is 0 Å². The van der Waals surface area contributed by atoms with Crippen molar-refractivity contribution in [3.63, 3.8) is 0 Å². The first-order chi connectivity index (χ1) is 11.7. The number of hydrogen-bond donors (Lipinski definition) is 0. The van der Waals surface area contributed by atoms with Gasteiger partial charge in [0.1, 0.15) is 11.1 Å². The predicted octanol–water partition coefficient (Wildman–Crippen LogP) is 3.77. The van der Waals surface area contributed by atoms with Crippen LogP contribution in [0.4, 0.5) is 0 Å². The Labute approximate surface area is 139 Å². The molecular weight excluding hydrogens is 302 g/mol. The zero-order valence-corrected chi connectivity index (χ0v) is 13.1. The summed E-state index contributed by atoms with van der Waals surface area (Å²) in [5, 5.41) is 0.760. The number of hydrogen-bond acceptors (Lipinski definition) is 3. The average Bonchev–Trinajstić information content (AvgIpc) is 3.11. The lowest BCUT2D eigenvalue weighted by atomic mass is 10.0. The molecular formula is C20H17NO3. The second-order valence-corrected chi connectivity index (χ2v) is 6.05. The van der Waals surface area contributed by atoms with Crippen LogP contribution in [0.15, 0.2) is 69.9 Å². The number of rotatable bonds is 2. The summed E-state index contributed by atoms with van der Waals surface area (Å²) in [5.74, 6) is -0.249. The van der Waals surface area contributed by atoms with Gasteiger partial charge in [-0.3, -0.25) is 4.79 Å². The van der Waals surface area contributed by atoms with Gasteiger partial charge in [0, 0.05) is 11.9 Å². The fourth-order valence-corrected chi connectivity index (χ4v) is 3.40. The third-order valence-corrected chi connectivity index (χ3v) is 4.57. The Morgan fingerprint density at radius 2 is 1.79 bits per heavy atom. The SMILES string of the molecule is O=C(c1cc2ccccc2oc1=O)N1CCCC1c1ccccc1. The molecule has 1 unspecified atom stereocenters. The van der Waals surface area contributed by atoms with E-state index in [9.17, 15) is 9.59 Å². The second kappa shape index (κ2) is 5.96. The average molecular weight is 319 g/mol. The zero-order valence-electron chi connectivity index (χ0n) is 13.1. The number of carbonyl (C=O) groups excluding carboxylic acids is 1. The maximum Gasteiger partial charge on any atom is 0.349 e. The van der Waals surface area contributed by atoms with Gasteiger partial charge in [-0.15, -0.1) is 0 Å². The normalized spacial score (nSPS) is 17.3. The Kier molecular flexibility index (Phi) is 3.65. The molecule has 0 bridgehead atoms. The lowest BCUT2D eigenvalue weighted by molar-refractivity contribution is 0.0731. The van der Waals surface area contributed by atoms with Gasteiger partial charge in [-0.25, -0.2) is 4.79 Å². The van der Waals surface area contributed by atoms with E-state index in [1.807, 2.05) is 42.5 Å². The summed E-state index contributed by atoms with van der Waals surface area (Å²) in [4.78, 5) is 27.0. The number of nitrogens with zero attached hydrogens (tertiary/aromatic N) is 1. The van der Waals surface area contributed by atoms with E-state index in [1.165, 1.54) is 0 Å². The maximum atomic E-state index is 13.0. The molecule has 0 radical (unpaired) electrons. The van der Waals surface area contributed by atoms with Crippen LogP contribution >= 0.6 is 0 Å². The third-order valence-electron chi connectivity index (χ3n) is 4.57.